The first kappa shape index (κ1) is 18.9. The summed E-state index contributed by atoms with van der Waals surface area (Å²) in [7, 11) is 0. The van der Waals surface area contributed by atoms with Crippen molar-refractivity contribution in [3.63, 3.8) is 0 Å². The molecule has 0 radical (unpaired) electrons. The van der Waals surface area contributed by atoms with Crippen LogP contribution in [0.5, 0.6) is 5.88 Å². The fourth-order valence-corrected chi connectivity index (χ4v) is 2.43. The second-order valence-corrected chi connectivity index (χ2v) is 6.64. The molecule has 1 unspecified atom stereocenters. The molecular weight excluding hydrogens is 326 g/mol. The molecule has 2 rings (SSSR count). The van der Waals surface area contributed by atoms with E-state index >= 15 is 0 Å². The number of carbonyl (C=O) groups excluding carboxylic acids is 2. The second-order valence-electron chi connectivity index (χ2n) is 6.64. The molecule has 9 heteroatoms. The lowest BCUT2D eigenvalue weighted by Gasteiger charge is -2.36. The minimum Gasteiger partial charge on any atom is -0.477 e. The molecule has 0 bridgehead atoms. The predicted molar refractivity (Wildman–Crippen MR) is 90.3 cm³/mol. The molecule has 138 valence electrons. The number of nitrogens with zero attached hydrogens (tertiary/aromatic N) is 3. The number of piperazine rings is 1. The number of nitrogens with two attached hydrogens (primary N) is 1. The molecule has 1 aromatic rings. The molecule has 3 N–H and O–H groups in total. The van der Waals surface area contributed by atoms with Crippen LogP contribution < -0.4 is 15.8 Å². The van der Waals surface area contributed by atoms with Gasteiger partial charge >= 0.3 is 6.09 Å². The summed E-state index contributed by atoms with van der Waals surface area (Å²) in [5.74, 6) is -0.179. The van der Waals surface area contributed by atoms with E-state index in [0.29, 0.717) is 32.1 Å². The maximum absolute atomic E-state index is 12.5. The van der Waals surface area contributed by atoms with Crippen molar-refractivity contribution in [1.29, 1.82) is 0 Å². The highest BCUT2D eigenvalue weighted by Crippen LogP contribution is 2.24. The Kier molecular flexibility index (Phi) is 5.78. The van der Waals surface area contributed by atoms with Gasteiger partial charge in [0, 0.05) is 25.8 Å². The molecule has 2 amide bonds. The van der Waals surface area contributed by atoms with Gasteiger partial charge in [-0.1, -0.05) is 0 Å². The van der Waals surface area contributed by atoms with Crippen LogP contribution in [0, 0.1) is 0 Å². The first-order chi connectivity index (χ1) is 11.7. The van der Waals surface area contributed by atoms with Crippen molar-refractivity contribution < 1.29 is 19.1 Å². The molecule has 0 spiro atoms. The van der Waals surface area contributed by atoms with Crippen molar-refractivity contribution in [2.45, 2.75) is 39.3 Å². The Morgan fingerprint density at radius 2 is 2.16 bits per heavy atom. The van der Waals surface area contributed by atoms with Crippen LogP contribution in [0.1, 0.15) is 49.9 Å². The van der Waals surface area contributed by atoms with Crippen LogP contribution in [-0.4, -0.2) is 58.7 Å². The zero-order valence-corrected chi connectivity index (χ0v) is 15.0. The van der Waals surface area contributed by atoms with E-state index in [-0.39, 0.29) is 11.4 Å². The quantitative estimate of drug-likeness (QED) is 0.825. The summed E-state index contributed by atoms with van der Waals surface area (Å²) < 4.78 is 10.9. The molecule has 1 aromatic heterocycles. The SMILES string of the molecule is CCOc1nc(C2CNCCN2C(=O)OC(C)(C)C)ncc1C(N)=O. The van der Waals surface area contributed by atoms with Crippen molar-refractivity contribution in [3.05, 3.63) is 17.6 Å². The number of carbonyl (C=O) groups is 2. The minimum absolute atomic E-state index is 0.109. The summed E-state index contributed by atoms with van der Waals surface area (Å²) in [5, 5.41) is 3.21. The molecule has 1 fully saturated rings. The van der Waals surface area contributed by atoms with Gasteiger partial charge < -0.3 is 20.5 Å². The van der Waals surface area contributed by atoms with E-state index in [9.17, 15) is 9.59 Å². The molecule has 1 aliphatic rings. The number of nitrogens with one attached hydrogen (secondary N) is 1. The first-order valence-electron chi connectivity index (χ1n) is 8.22. The molecule has 2 heterocycles. The van der Waals surface area contributed by atoms with Crippen molar-refractivity contribution in [1.82, 2.24) is 20.2 Å². The number of amides is 2. The van der Waals surface area contributed by atoms with Gasteiger partial charge in [-0.3, -0.25) is 9.69 Å². The zero-order valence-electron chi connectivity index (χ0n) is 15.0. The lowest BCUT2D eigenvalue weighted by atomic mass is 10.1. The molecule has 1 atom stereocenters. The summed E-state index contributed by atoms with van der Waals surface area (Å²) in [4.78, 5) is 34.1. The van der Waals surface area contributed by atoms with Gasteiger partial charge in [-0.2, -0.15) is 4.98 Å². The third-order valence-electron chi connectivity index (χ3n) is 3.49. The van der Waals surface area contributed by atoms with Gasteiger partial charge in [0.15, 0.2) is 5.82 Å². The summed E-state index contributed by atoms with van der Waals surface area (Å²) in [6.07, 6.45) is 0.900. The summed E-state index contributed by atoms with van der Waals surface area (Å²) >= 11 is 0. The average molecular weight is 351 g/mol. The van der Waals surface area contributed by atoms with E-state index in [1.165, 1.54) is 6.20 Å². The average Bonchev–Trinajstić information content (AvgIpc) is 2.53. The van der Waals surface area contributed by atoms with Gasteiger partial charge in [-0.15, -0.1) is 0 Å². The molecule has 0 saturated carbocycles. The van der Waals surface area contributed by atoms with Gasteiger partial charge in [0.2, 0.25) is 5.88 Å². The molecule has 9 nitrogen and oxygen atoms in total. The fraction of sp³-hybridized carbons (Fsp3) is 0.625. The van der Waals surface area contributed by atoms with Crippen molar-refractivity contribution >= 4 is 12.0 Å². The highest BCUT2D eigenvalue weighted by atomic mass is 16.6. The van der Waals surface area contributed by atoms with Crippen molar-refractivity contribution in [2.75, 3.05) is 26.2 Å². The van der Waals surface area contributed by atoms with Gasteiger partial charge in [-0.05, 0) is 27.7 Å². The largest absolute Gasteiger partial charge is 0.477 e. The topological polar surface area (TPSA) is 120 Å². The lowest BCUT2D eigenvalue weighted by molar-refractivity contribution is 0.0107. The van der Waals surface area contributed by atoms with Gasteiger partial charge in [0.25, 0.3) is 5.91 Å². The monoisotopic (exact) mass is 351 g/mol. The number of aromatic nitrogens is 2. The van der Waals surface area contributed by atoms with Gasteiger partial charge in [0.05, 0.1) is 6.61 Å². The molecule has 1 aliphatic heterocycles. The van der Waals surface area contributed by atoms with Crippen LogP contribution in [0.15, 0.2) is 6.20 Å². The summed E-state index contributed by atoms with van der Waals surface area (Å²) in [6, 6.07) is -0.426. The van der Waals surface area contributed by atoms with Crippen LogP contribution in [0.3, 0.4) is 0 Å². The predicted octanol–water partition coefficient (Wildman–Crippen LogP) is 0.856. The van der Waals surface area contributed by atoms with E-state index in [1.54, 1.807) is 11.8 Å². The van der Waals surface area contributed by atoms with Crippen LogP contribution in [0.25, 0.3) is 0 Å². The Bertz CT molecular complexity index is 644. The molecule has 1 saturated heterocycles. The van der Waals surface area contributed by atoms with E-state index in [1.807, 2.05) is 20.8 Å². The Hall–Kier alpha value is -2.42. The standard InChI is InChI=1S/C16H25N5O4/c1-5-24-14-10(12(17)22)8-19-13(20-14)11-9-18-6-7-21(11)15(23)25-16(2,3)4/h8,11,18H,5-7,9H2,1-4H3,(H2,17,22). The van der Waals surface area contributed by atoms with Gasteiger partial charge in [0.1, 0.15) is 17.2 Å². The zero-order chi connectivity index (χ0) is 18.6. The van der Waals surface area contributed by atoms with Crippen molar-refractivity contribution in [3.8, 4) is 5.88 Å². The normalized spacial score (nSPS) is 17.9. The number of primary amides is 1. The minimum atomic E-state index is -0.666. The van der Waals surface area contributed by atoms with E-state index in [4.69, 9.17) is 15.2 Å². The maximum atomic E-state index is 12.5. The number of hydrogen-bond donors (Lipinski definition) is 2. The number of rotatable bonds is 4. The number of hydrogen-bond acceptors (Lipinski definition) is 7. The molecule has 0 aliphatic carbocycles. The Labute approximate surface area is 146 Å². The van der Waals surface area contributed by atoms with Crippen LogP contribution in [0.4, 0.5) is 4.79 Å². The molecule has 25 heavy (non-hydrogen) atoms. The third kappa shape index (κ3) is 4.79. The molecular formula is C16H25N5O4. The van der Waals surface area contributed by atoms with E-state index in [0.717, 1.165) is 0 Å². The number of ether oxygens (including phenoxy) is 2. The van der Waals surface area contributed by atoms with E-state index in [2.05, 4.69) is 15.3 Å². The van der Waals surface area contributed by atoms with Gasteiger partial charge in [-0.25, -0.2) is 9.78 Å². The summed E-state index contributed by atoms with van der Waals surface area (Å²) in [5.41, 5.74) is 4.83. The summed E-state index contributed by atoms with van der Waals surface area (Å²) in [6.45, 7) is 9.13. The molecule has 0 aromatic carbocycles. The Morgan fingerprint density at radius 1 is 1.44 bits per heavy atom. The van der Waals surface area contributed by atoms with Crippen LogP contribution in [-0.2, 0) is 4.74 Å². The fourth-order valence-electron chi connectivity index (χ4n) is 2.43. The smallest absolute Gasteiger partial charge is 0.411 e. The first-order valence-corrected chi connectivity index (χ1v) is 8.22. The highest BCUT2D eigenvalue weighted by molar-refractivity contribution is 5.94. The van der Waals surface area contributed by atoms with E-state index < -0.39 is 23.6 Å². The lowest BCUT2D eigenvalue weighted by Crippen LogP contribution is -2.50. The maximum Gasteiger partial charge on any atom is 0.411 e. The van der Waals surface area contributed by atoms with Crippen molar-refractivity contribution in [2.24, 2.45) is 5.73 Å². The van der Waals surface area contributed by atoms with Crippen LogP contribution in [0.2, 0.25) is 0 Å². The Balaban J connectivity index is 2.31. The highest BCUT2D eigenvalue weighted by Gasteiger charge is 2.33. The second kappa shape index (κ2) is 7.64. The third-order valence-corrected chi connectivity index (χ3v) is 3.49. The van der Waals surface area contributed by atoms with Crippen LogP contribution >= 0.6 is 0 Å². The Morgan fingerprint density at radius 3 is 2.76 bits per heavy atom.